The average molecular weight is 756 g/mol. The molecule has 1 N–H and O–H groups in total. The molecule has 0 radical (unpaired) electrons. The third kappa shape index (κ3) is 6.33. The van der Waals surface area contributed by atoms with Crippen molar-refractivity contribution >= 4 is 70.4 Å². The smallest absolute Gasteiger partial charge is 0.164 e. The van der Waals surface area contributed by atoms with Crippen LogP contribution in [-0.2, 0) is 0 Å². The number of nitrogens with zero attached hydrogens (tertiary/aromatic N) is 4. The first kappa shape index (κ1) is 33.7. The molecule has 266 valence electrons. The van der Waals surface area contributed by atoms with Crippen molar-refractivity contribution in [1.29, 1.82) is 0 Å². The van der Waals surface area contributed by atoms with E-state index in [0.717, 1.165) is 49.7 Å². The van der Waals surface area contributed by atoms with Crippen molar-refractivity contribution in [2.24, 2.45) is 4.99 Å². The molecular formula is C49H33N5S2. The lowest BCUT2D eigenvalue weighted by Gasteiger charge is -2.25. The van der Waals surface area contributed by atoms with E-state index in [1.54, 1.807) is 22.7 Å². The molecule has 7 heteroatoms. The van der Waals surface area contributed by atoms with Gasteiger partial charge in [-0.25, -0.2) is 15.0 Å². The summed E-state index contributed by atoms with van der Waals surface area (Å²) in [7, 11) is 0. The van der Waals surface area contributed by atoms with Gasteiger partial charge in [-0.05, 0) is 41.5 Å². The Kier molecular flexibility index (Phi) is 8.71. The minimum absolute atomic E-state index is 0.281. The number of benzene rings is 6. The third-order valence-electron chi connectivity index (χ3n) is 9.94. The molecule has 4 heterocycles. The monoisotopic (exact) mass is 755 g/mol. The first-order valence-corrected chi connectivity index (χ1v) is 20.1. The number of aromatic nitrogens is 3. The van der Waals surface area contributed by atoms with Crippen molar-refractivity contribution in [3.63, 3.8) is 0 Å². The lowest BCUT2D eigenvalue weighted by atomic mass is 10.0. The number of nitrogens with one attached hydrogen (secondary N) is 1. The molecule has 56 heavy (non-hydrogen) atoms. The van der Waals surface area contributed by atoms with Gasteiger partial charge in [0.25, 0.3) is 0 Å². The maximum absolute atomic E-state index is 5.31. The molecule has 0 bridgehead atoms. The maximum atomic E-state index is 5.31. The van der Waals surface area contributed by atoms with Gasteiger partial charge in [0.1, 0.15) is 6.17 Å². The highest BCUT2D eigenvalue weighted by atomic mass is 32.1. The van der Waals surface area contributed by atoms with Crippen LogP contribution in [0.15, 0.2) is 187 Å². The summed E-state index contributed by atoms with van der Waals surface area (Å²) in [4.78, 5) is 21.3. The van der Waals surface area contributed by atoms with E-state index >= 15 is 0 Å². The van der Waals surface area contributed by atoms with Crippen LogP contribution >= 0.6 is 22.7 Å². The molecule has 1 aliphatic heterocycles. The van der Waals surface area contributed by atoms with Crippen LogP contribution < -0.4 is 5.32 Å². The molecule has 0 amide bonds. The molecule has 3 aromatic heterocycles. The van der Waals surface area contributed by atoms with E-state index < -0.39 is 0 Å². The van der Waals surface area contributed by atoms with Gasteiger partial charge in [0.15, 0.2) is 17.5 Å². The van der Waals surface area contributed by atoms with E-state index in [-0.39, 0.29) is 6.17 Å². The van der Waals surface area contributed by atoms with Crippen LogP contribution in [0.1, 0.15) is 16.0 Å². The van der Waals surface area contributed by atoms with Crippen LogP contribution in [0, 0.1) is 0 Å². The highest BCUT2D eigenvalue weighted by Gasteiger charge is 2.27. The Hall–Kier alpha value is -6.80. The third-order valence-corrected chi connectivity index (χ3v) is 12.3. The minimum atomic E-state index is -0.281. The number of hydrogen-bond acceptors (Lipinski definition) is 7. The van der Waals surface area contributed by atoms with E-state index in [9.17, 15) is 0 Å². The van der Waals surface area contributed by atoms with Crippen molar-refractivity contribution < 1.29 is 0 Å². The Morgan fingerprint density at radius 1 is 0.554 bits per heavy atom. The molecule has 0 spiro atoms. The van der Waals surface area contributed by atoms with E-state index in [1.807, 2.05) is 78.9 Å². The zero-order valence-electron chi connectivity index (χ0n) is 30.1. The van der Waals surface area contributed by atoms with Crippen LogP contribution in [0.25, 0.3) is 70.5 Å². The maximum Gasteiger partial charge on any atom is 0.164 e. The topological polar surface area (TPSA) is 63.1 Å². The van der Waals surface area contributed by atoms with Gasteiger partial charge in [-0.3, -0.25) is 4.99 Å². The standard InChI is InChI=1S/C49H33N5S2/c1-2-14-33(46-50-43(32-15-6-3-7-16-32)45-44(51-46)38-21-12-13-22-40(38)56-45)25-23-31-24-27-37-39-30-36(26-28-41(39)55-42(37)29-31)49-53-47(34-17-8-4-9-18-34)52-48(54-49)35-19-10-5-11-20-35/h2-30,46,51H,1H2/b25-23+,33-14+. The second-order valence-electron chi connectivity index (χ2n) is 13.5. The zero-order chi connectivity index (χ0) is 37.4. The second-order valence-corrected chi connectivity index (χ2v) is 15.7. The normalized spacial score (nSPS) is 14.2. The van der Waals surface area contributed by atoms with E-state index in [4.69, 9.17) is 19.9 Å². The SMILES string of the molecule is C=C/C=C(\C=C\c1ccc2c(c1)sc1ccc(-c3nc(-c4ccccc4)nc(-c4ccccc4)n3)cc12)C1N=C(c2ccccc2)c2sc3ccccc3c2N1. The lowest BCUT2D eigenvalue weighted by molar-refractivity contribution is 0.897. The molecule has 1 atom stereocenters. The van der Waals surface area contributed by atoms with Crippen LogP contribution in [0.5, 0.6) is 0 Å². The number of allylic oxidation sites excluding steroid dienone is 2. The summed E-state index contributed by atoms with van der Waals surface area (Å²) in [5.41, 5.74) is 8.24. The molecule has 9 aromatic rings. The van der Waals surface area contributed by atoms with Crippen LogP contribution in [-0.4, -0.2) is 26.8 Å². The second kappa shape index (κ2) is 14.5. The highest BCUT2D eigenvalue weighted by Crippen LogP contribution is 2.41. The van der Waals surface area contributed by atoms with Crippen LogP contribution in [0.3, 0.4) is 0 Å². The minimum Gasteiger partial charge on any atom is -0.358 e. The summed E-state index contributed by atoms with van der Waals surface area (Å²) in [5, 5.41) is 7.37. The first-order valence-electron chi connectivity index (χ1n) is 18.4. The van der Waals surface area contributed by atoms with Gasteiger partial charge >= 0.3 is 0 Å². The van der Waals surface area contributed by atoms with E-state index in [1.165, 1.54) is 30.3 Å². The van der Waals surface area contributed by atoms with E-state index in [2.05, 4.69) is 109 Å². The van der Waals surface area contributed by atoms with Crippen molar-refractivity contribution in [3.05, 3.63) is 198 Å². The molecular weight excluding hydrogens is 723 g/mol. The number of rotatable bonds is 8. The lowest BCUT2D eigenvalue weighted by Crippen LogP contribution is -2.26. The van der Waals surface area contributed by atoms with Gasteiger partial charge in [0, 0.05) is 52.5 Å². The fourth-order valence-electron chi connectivity index (χ4n) is 7.21. The largest absolute Gasteiger partial charge is 0.358 e. The van der Waals surface area contributed by atoms with Crippen molar-refractivity contribution in [3.8, 4) is 34.2 Å². The quantitative estimate of drug-likeness (QED) is 0.157. The average Bonchev–Trinajstić information content (AvgIpc) is 3.83. The summed E-state index contributed by atoms with van der Waals surface area (Å²) < 4.78 is 3.67. The fourth-order valence-corrected chi connectivity index (χ4v) is 9.53. The molecule has 0 saturated heterocycles. The summed E-state index contributed by atoms with van der Waals surface area (Å²) in [5.74, 6) is 1.96. The molecule has 10 rings (SSSR count). The van der Waals surface area contributed by atoms with Gasteiger partial charge in [0.2, 0.25) is 0 Å². The van der Waals surface area contributed by atoms with E-state index in [0.29, 0.717) is 17.5 Å². The summed E-state index contributed by atoms with van der Waals surface area (Å²) in [6.45, 7) is 4.05. The van der Waals surface area contributed by atoms with Gasteiger partial charge in [0.05, 0.1) is 16.3 Å². The van der Waals surface area contributed by atoms with Gasteiger partial charge in [-0.2, -0.15) is 0 Å². The molecule has 1 unspecified atom stereocenters. The van der Waals surface area contributed by atoms with Crippen LogP contribution in [0.4, 0.5) is 5.69 Å². The van der Waals surface area contributed by atoms with Gasteiger partial charge < -0.3 is 5.32 Å². The molecule has 0 saturated carbocycles. The van der Waals surface area contributed by atoms with Crippen molar-refractivity contribution in [2.45, 2.75) is 6.17 Å². The number of thiophene rings is 2. The Labute approximate surface area is 332 Å². The summed E-state index contributed by atoms with van der Waals surface area (Å²) >= 11 is 3.58. The van der Waals surface area contributed by atoms with Gasteiger partial charge in [-0.1, -0.05) is 152 Å². The van der Waals surface area contributed by atoms with Crippen LogP contribution in [0.2, 0.25) is 0 Å². The molecule has 0 aliphatic carbocycles. The first-order chi connectivity index (χ1) is 27.7. The van der Waals surface area contributed by atoms with Crippen molar-refractivity contribution in [1.82, 2.24) is 15.0 Å². The number of aliphatic imine (C=N–C) groups is 1. The fraction of sp³-hybridized carbons (Fsp3) is 0.0204. The Balaban J connectivity index is 0.992. The van der Waals surface area contributed by atoms with Crippen molar-refractivity contribution in [2.75, 3.05) is 5.32 Å². The number of hydrogen-bond donors (Lipinski definition) is 1. The number of anilines is 1. The number of fused-ring (bicyclic) bond motifs is 6. The predicted octanol–water partition coefficient (Wildman–Crippen LogP) is 12.9. The molecule has 6 aromatic carbocycles. The molecule has 5 nitrogen and oxygen atoms in total. The Morgan fingerprint density at radius 2 is 1.18 bits per heavy atom. The Morgan fingerprint density at radius 3 is 1.88 bits per heavy atom. The molecule has 1 aliphatic rings. The predicted molar refractivity (Wildman–Crippen MR) is 238 cm³/mol. The Bertz CT molecular complexity index is 2960. The summed E-state index contributed by atoms with van der Waals surface area (Å²) in [6.07, 6.45) is 7.94. The summed E-state index contributed by atoms with van der Waals surface area (Å²) in [6, 6.07) is 52.4. The molecule has 0 fully saturated rings. The highest BCUT2D eigenvalue weighted by molar-refractivity contribution is 7.25. The zero-order valence-corrected chi connectivity index (χ0v) is 31.8. The van der Waals surface area contributed by atoms with Gasteiger partial charge in [-0.15, -0.1) is 22.7 Å².